The van der Waals surface area contributed by atoms with Crippen LogP contribution in [0.15, 0.2) is 0 Å². The maximum absolute atomic E-state index is 6.41. The monoisotopic (exact) mass is 298 g/mol. The molecule has 0 saturated carbocycles. The predicted octanol–water partition coefficient (Wildman–Crippen LogP) is 3.53. The molecule has 3 unspecified atom stereocenters. The van der Waals surface area contributed by atoms with E-state index in [0.717, 1.165) is 19.5 Å². The van der Waals surface area contributed by atoms with Crippen LogP contribution in [0.3, 0.4) is 0 Å². The van der Waals surface area contributed by atoms with E-state index < -0.39 is 0 Å². The summed E-state index contributed by atoms with van der Waals surface area (Å²) in [6.45, 7) is 20.3. The molecule has 0 bridgehead atoms. The van der Waals surface area contributed by atoms with Gasteiger partial charge in [-0.1, -0.05) is 20.8 Å². The Kier molecular flexibility index (Phi) is 6.28. The average molecular weight is 299 g/mol. The van der Waals surface area contributed by atoms with E-state index in [-0.39, 0.29) is 11.2 Å². The Hall–Kier alpha value is -0.120. The van der Waals surface area contributed by atoms with E-state index in [1.807, 2.05) is 0 Å². The molecule has 126 valence electrons. The van der Waals surface area contributed by atoms with Gasteiger partial charge in [0.15, 0.2) is 0 Å². The highest BCUT2D eigenvalue weighted by Crippen LogP contribution is 2.42. The molecular weight excluding hydrogens is 260 g/mol. The number of nitrogens with zero attached hydrogens (tertiary/aromatic N) is 1. The second-order valence-electron chi connectivity index (χ2n) is 8.27. The van der Waals surface area contributed by atoms with Crippen molar-refractivity contribution in [3.05, 3.63) is 0 Å². The van der Waals surface area contributed by atoms with Crippen LogP contribution in [0.4, 0.5) is 0 Å². The van der Waals surface area contributed by atoms with Crippen LogP contribution in [0.25, 0.3) is 0 Å². The predicted molar refractivity (Wildman–Crippen MR) is 91.7 cm³/mol. The summed E-state index contributed by atoms with van der Waals surface area (Å²) in [7, 11) is 2.25. The van der Waals surface area contributed by atoms with Crippen molar-refractivity contribution >= 4 is 0 Å². The van der Waals surface area contributed by atoms with Crippen molar-refractivity contribution in [1.29, 1.82) is 0 Å². The molecule has 1 N–H and O–H groups in total. The van der Waals surface area contributed by atoms with Crippen LogP contribution < -0.4 is 5.32 Å². The Bertz CT molecular complexity index is 325. The number of hydrogen-bond acceptors (Lipinski definition) is 3. The van der Waals surface area contributed by atoms with Crippen LogP contribution in [-0.4, -0.2) is 48.3 Å². The normalized spacial score (nSPS) is 29.3. The molecule has 3 nitrogen and oxygen atoms in total. The number of ether oxygens (including phenoxy) is 1. The van der Waals surface area contributed by atoms with Gasteiger partial charge < -0.3 is 15.0 Å². The molecule has 0 aromatic rings. The molecule has 0 spiro atoms. The van der Waals surface area contributed by atoms with Gasteiger partial charge in [-0.3, -0.25) is 0 Å². The van der Waals surface area contributed by atoms with Crippen LogP contribution in [0.2, 0.25) is 0 Å². The summed E-state index contributed by atoms with van der Waals surface area (Å²) in [5, 5.41) is 3.75. The first-order valence-corrected chi connectivity index (χ1v) is 8.66. The van der Waals surface area contributed by atoms with E-state index in [9.17, 15) is 0 Å². The van der Waals surface area contributed by atoms with Crippen molar-refractivity contribution in [2.75, 3.05) is 20.1 Å². The molecular formula is C18H38N2O. The summed E-state index contributed by atoms with van der Waals surface area (Å²) in [6, 6.07) is 1.01. The van der Waals surface area contributed by atoms with Crippen molar-refractivity contribution < 1.29 is 4.74 Å². The Morgan fingerprint density at radius 3 is 2.14 bits per heavy atom. The van der Waals surface area contributed by atoms with Crippen molar-refractivity contribution in [3.8, 4) is 0 Å². The maximum atomic E-state index is 6.41. The van der Waals surface area contributed by atoms with Crippen LogP contribution >= 0.6 is 0 Å². The summed E-state index contributed by atoms with van der Waals surface area (Å²) in [5.41, 5.74) is -0.189. The van der Waals surface area contributed by atoms with Gasteiger partial charge in [0.25, 0.3) is 0 Å². The molecule has 3 atom stereocenters. The van der Waals surface area contributed by atoms with Gasteiger partial charge in [-0.05, 0) is 60.5 Å². The van der Waals surface area contributed by atoms with Crippen LogP contribution in [0.5, 0.6) is 0 Å². The molecule has 1 heterocycles. The number of nitrogens with one attached hydrogen (secondary N) is 1. The quantitative estimate of drug-likeness (QED) is 0.778. The zero-order valence-corrected chi connectivity index (χ0v) is 15.8. The van der Waals surface area contributed by atoms with Crippen LogP contribution in [-0.2, 0) is 4.74 Å². The third-order valence-electron chi connectivity index (χ3n) is 5.33. The molecule has 1 aliphatic rings. The molecule has 1 fully saturated rings. The van der Waals surface area contributed by atoms with Gasteiger partial charge in [0.05, 0.1) is 11.2 Å². The first-order valence-electron chi connectivity index (χ1n) is 8.66. The zero-order valence-electron chi connectivity index (χ0n) is 15.8. The van der Waals surface area contributed by atoms with Gasteiger partial charge in [0.2, 0.25) is 0 Å². The second-order valence-corrected chi connectivity index (χ2v) is 8.27. The number of rotatable bonds is 7. The van der Waals surface area contributed by atoms with Crippen molar-refractivity contribution in [2.45, 2.75) is 85.1 Å². The Morgan fingerprint density at radius 1 is 1.10 bits per heavy atom. The third-order valence-corrected chi connectivity index (χ3v) is 5.33. The molecule has 0 radical (unpaired) electrons. The molecule has 0 aromatic heterocycles. The fourth-order valence-corrected chi connectivity index (χ4v) is 3.70. The largest absolute Gasteiger partial charge is 0.368 e. The van der Waals surface area contributed by atoms with Crippen molar-refractivity contribution in [3.63, 3.8) is 0 Å². The van der Waals surface area contributed by atoms with Crippen LogP contribution in [0.1, 0.15) is 61.8 Å². The lowest BCUT2D eigenvalue weighted by Crippen LogP contribution is -2.52. The highest BCUT2D eigenvalue weighted by atomic mass is 16.5. The standard InChI is InChI=1S/C18H38N2O/c1-10-11-19-16-15(12-20(9)14(4)13(2)3)17(5,6)21-18(16,7)8/h13-16,19H,10-12H2,1-9H3. The van der Waals surface area contributed by atoms with E-state index in [1.54, 1.807) is 0 Å². The number of hydrogen-bond donors (Lipinski definition) is 1. The van der Waals surface area contributed by atoms with E-state index in [4.69, 9.17) is 4.74 Å². The first-order chi connectivity index (χ1) is 9.53. The second kappa shape index (κ2) is 6.97. The zero-order chi connectivity index (χ0) is 16.4. The summed E-state index contributed by atoms with van der Waals surface area (Å²) >= 11 is 0. The molecule has 21 heavy (non-hydrogen) atoms. The molecule has 1 rings (SSSR count). The van der Waals surface area contributed by atoms with Gasteiger partial charge >= 0.3 is 0 Å². The first kappa shape index (κ1) is 18.9. The van der Waals surface area contributed by atoms with Gasteiger partial charge in [0.1, 0.15) is 0 Å². The summed E-state index contributed by atoms with van der Waals surface area (Å²) in [6.07, 6.45) is 1.16. The molecule has 0 aliphatic carbocycles. The minimum absolute atomic E-state index is 0.0835. The molecule has 0 aromatic carbocycles. The third kappa shape index (κ3) is 4.43. The van der Waals surface area contributed by atoms with Gasteiger partial charge in [-0.15, -0.1) is 0 Å². The smallest absolute Gasteiger partial charge is 0.0790 e. The maximum Gasteiger partial charge on any atom is 0.0790 e. The lowest BCUT2D eigenvalue weighted by molar-refractivity contribution is -0.0799. The van der Waals surface area contributed by atoms with E-state index in [0.29, 0.717) is 23.9 Å². The molecule has 3 heteroatoms. The highest BCUT2D eigenvalue weighted by Gasteiger charge is 2.53. The van der Waals surface area contributed by atoms with Crippen molar-refractivity contribution in [2.24, 2.45) is 11.8 Å². The van der Waals surface area contributed by atoms with Gasteiger partial charge in [0, 0.05) is 24.5 Å². The van der Waals surface area contributed by atoms with E-state index >= 15 is 0 Å². The van der Waals surface area contributed by atoms with Crippen LogP contribution in [0, 0.1) is 11.8 Å². The average Bonchev–Trinajstić information content (AvgIpc) is 2.51. The summed E-state index contributed by atoms with van der Waals surface area (Å²) in [5.74, 6) is 1.18. The summed E-state index contributed by atoms with van der Waals surface area (Å²) in [4.78, 5) is 2.50. The SMILES string of the molecule is CCCNC1C(CN(C)C(C)C(C)C)C(C)(C)OC1(C)C. The highest BCUT2D eigenvalue weighted by molar-refractivity contribution is 5.06. The molecule has 1 saturated heterocycles. The Morgan fingerprint density at radius 2 is 1.67 bits per heavy atom. The summed E-state index contributed by atoms with van der Waals surface area (Å²) < 4.78 is 6.41. The van der Waals surface area contributed by atoms with E-state index in [2.05, 4.69) is 72.7 Å². The van der Waals surface area contributed by atoms with Gasteiger partial charge in [-0.25, -0.2) is 0 Å². The minimum atomic E-state index is -0.106. The molecule has 0 amide bonds. The Balaban J connectivity index is 2.88. The fourth-order valence-electron chi connectivity index (χ4n) is 3.70. The topological polar surface area (TPSA) is 24.5 Å². The lowest BCUT2D eigenvalue weighted by Gasteiger charge is -2.36. The fraction of sp³-hybridized carbons (Fsp3) is 1.00. The molecule has 1 aliphatic heterocycles. The Labute approximate surface area is 132 Å². The minimum Gasteiger partial charge on any atom is -0.368 e. The van der Waals surface area contributed by atoms with E-state index in [1.165, 1.54) is 0 Å². The van der Waals surface area contributed by atoms with Gasteiger partial charge in [-0.2, -0.15) is 0 Å². The van der Waals surface area contributed by atoms with Crippen molar-refractivity contribution in [1.82, 2.24) is 10.2 Å². The lowest BCUT2D eigenvalue weighted by atomic mass is 9.81.